The van der Waals surface area contributed by atoms with Crippen molar-refractivity contribution in [2.45, 2.75) is 18.5 Å². The van der Waals surface area contributed by atoms with Gasteiger partial charge in [-0.1, -0.05) is 15.9 Å². The van der Waals surface area contributed by atoms with E-state index in [-0.39, 0.29) is 5.56 Å². The fourth-order valence-electron chi connectivity index (χ4n) is 1.96. The van der Waals surface area contributed by atoms with Crippen molar-refractivity contribution in [1.82, 2.24) is 0 Å². The maximum atomic E-state index is 13.1. The molecular weight excluding hydrogens is 463 g/mol. The van der Waals surface area contributed by atoms with Crippen molar-refractivity contribution in [3.05, 3.63) is 58.1 Å². The lowest BCUT2D eigenvalue weighted by molar-refractivity contribution is -0.148. The third kappa shape index (κ3) is 5.60. The van der Waals surface area contributed by atoms with E-state index in [1.54, 1.807) is 0 Å². The number of carbonyl (C=O) groups excluding carboxylic acids is 1. The average Bonchev–Trinajstić information content (AvgIpc) is 2.60. The van der Waals surface area contributed by atoms with E-state index in [4.69, 9.17) is 0 Å². The Morgan fingerprint density at radius 1 is 1.04 bits per heavy atom. The first kappa shape index (κ1) is 22.0. The van der Waals surface area contributed by atoms with Gasteiger partial charge < -0.3 is 10.1 Å². The summed E-state index contributed by atoms with van der Waals surface area (Å²) in [6.07, 6.45) is -8.81. The maximum absolute atomic E-state index is 13.1. The molecule has 0 aliphatic carbocycles. The summed E-state index contributed by atoms with van der Waals surface area (Å²) in [6, 6.07) is 7.37. The number of carbonyl (C=O) groups is 1. The second kappa shape index (κ2) is 8.38. The number of amides is 1. The normalized spacial score (nSPS) is 12.2. The van der Waals surface area contributed by atoms with Gasteiger partial charge in [0.2, 0.25) is 0 Å². The van der Waals surface area contributed by atoms with E-state index in [0.29, 0.717) is 22.7 Å². The van der Waals surface area contributed by atoms with Crippen molar-refractivity contribution in [3.63, 3.8) is 0 Å². The Hall–Kier alpha value is -2.30. The predicted octanol–water partition coefficient (Wildman–Crippen LogP) is 6.00. The number of halogens is 8. The summed E-state index contributed by atoms with van der Waals surface area (Å²) in [6.45, 7) is -1.78. The molecule has 28 heavy (non-hydrogen) atoms. The smallest absolute Gasteiger partial charge is 0.416 e. The second-order valence-electron chi connectivity index (χ2n) is 5.52. The lowest BCUT2D eigenvalue weighted by Crippen LogP contribution is -2.34. The van der Waals surface area contributed by atoms with Gasteiger partial charge in [0.05, 0.1) is 11.3 Å². The first-order chi connectivity index (χ1) is 12.9. The van der Waals surface area contributed by atoms with Crippen molar-refractivity contribution in [3.8, 4) is 5.75 Å². The molecule has 0 saturated heterocycles. The second-order valence-corrected chi connectivity index (χ2v) is 6.44. The molecule has 0 bridgehead atoms. The standard InChI is InChI=1S/C17H11BrF7NO2/c18-11-4-1-9(2-5-11)14(27)26-12-7-10(17(23,24)25)3-6-13(12)28-8-16(21,22)15(19)20/h1-7,15H,8H2,(H,26,27). The monoisotopic (exact) mass is 473 g/mol. The summed E-state index contributed by atoms with van der Waals surface area (Å²) in [4.78, 5) is 12.2. The summed E-state index contributed by atoms with van der Waals surface area (Å²) < 4.78 is 94.5. The number of anilines is 1. The molecule has 2 aromatic rings. The number of ether oxygens (including phenoxy) is 1. The SMILES string of the molecule is O=C(Nc1cc(C(F)(F)F)ccc1OCC(F)(F)C(F)F)c1ccc(Br)cc1. The zero-order valence-corrected chi connectivity index (χ0v) is 15.3. The molecule has 0 radical (unpaired) electrons. The number of nitrogens with one attached hydrogen (secondary N) is 1. The van der Waals surface area contributed by atoms with Gasteiger partial charge in [-0.3, -0.25) is 4.79 Å². The Balaban J connectivity index is 2.32. The molecule has 2 rings (SSSR count). The van der Waals surface area contributed by atoms with Crippen LogP contribution in [0.1, 0.15) is 15.9 Å². The van der Waals surface area contributed by atoms with Crippen LogP contribution in [0.3, 0.4) is 0 Å². The van der Waals surface area contributed by atoms with E-state index in [0.717, 1.165) is 0 Å². The van der Waals surface area contributed by atoms with E-state index in [1.165, 1.54) is 24.3 Å². The summed E-state index contributed by atoms with van der Waals surface area (Å²) >= 11 is 3.15. The fourth-order valence-corrected chi connectivity index (χ4v) is 2.23. The topological polar surface area (TPSA) is 38.3 Å². The van der Waals surface area contributed by atoms with Gasteiger partial charge >= 0.3 is 18.5 Å². The van der Waals surface area contributed by atoms with Crippen molar-refractivity contribution >= 4 is 27.5 Å². The number of alkyl halides is 7. The highest BCUT2D eigenvalue weighted by atomic mass is 79.9. The van der Waals surface area contributed by atoms with Crippen LogP contribution in [0.5, 0.6) is 5.75 Å². The van der Waals surface area contributed by atoms with Crippen LogP contribution < -0.4 is 10.1 Å². The minimum Gasteiger partial charge on any atom is -0.485 e. The molecule has 0 heterocycles. The maximum Gasteiger partial charge on any atom is 0.416 e. The lowest BCUT2D eigenvalue weighted by atomic mass is 10.1. The summed E-state index contributed by atoms with van der Waals surface area (Å²) in [5.41, 5.74) is -1.72. The van der Waals surface area contributed by atoms with Gasteiger partial charge in [0, 0.05) is 10.0 Å². The minimum atomic E-state index is -4.79. The van der Waals surface area contributed by atoms with Crippen molar-refractivity contribution < 1.29 is 40.3 Å². The van der Waals surface area contributed by atoms with E-state index < -0.39 is 48.0 Å². The highest BCUT2D eigenvalue weighted by Crippen LogP contribution is 2.36. The van der Waals surface area contributed by atoms with Crippen molar-refractivity contribution in [2.24, 2.45) is 0 Å². The molecule has 2 aromatic carbocycles. The molecule has 0 aliphatic rings. The number of hydrogen-bond donors (Lipinski definition) is 1. The van der Waals surface area contributed by atoms with Gasteiger partial charge in [0.15, 0.2) is 6.61 Å². The average molecular weight is 474 g/mol. The number of rotatable bonds is 6. The predicted molar refractivity (Wildman–Crippen MR) is 90.0 cm³/mol. The highest BCUT2D eigenvalue weighted by molar-refractivity contribution is 9.10. The van der Waals surface area contributed by atoms with E-state index in [1.807, 2.05) is 0 Å². The van der Waals surface area contributed by atoms with Crippen LogP contribution in [0.15, 0.2) is 46.9 Å². The van der Waals surface area contributed by atoms with E-state index >= 15 is 0 Å². The molecule has 0 unspecified atom stereocenters. The van der Waals surface area contributed by atoms with Crippen LogP contribution in [-0.4, -0.2) is 24.9 Å². The molecule has 11 heteroatoms. The molecule has 0 atom stereocenters. The Bertz CT molecular complexity index is 838. The lowest BCUT2D eigenvalue weighted by Gasteiger charge is -2.19. The van der Waals surface area contributed by atoms with Crippen molar-refractivity contribution in [2.75, 3.05) is 11.9 Å². The van der Waals surface area contributed by atoms with E-state index in [2.05, 4.69) is 26.0 Å². The van der Waals surface area contributed by atoms with Crippen molar-refractivity contribution in [1.29, 1.82) is 0 Å². The zero-order chi connectivity index (χ0) is 21.1. The van der Waals surface area contributed by atoms with Crippen LogP contribution >= 0.6 is 15.9 Å². The van der Waals surface area contributed by atoms with Gasteiger partial charge in [-0.2, -0.15) is 22.0 Å². The number of hydrogen-bond acceptors (Lipinski definition) is 2. The Labute approximate surface area is 162 Å². The molecule has 152 valence electrons. The number of benzene rings is 2. The molecular formula is C17H11BrF7NO2. The Morgan fingerprint density at radius 3 is 2.18 bits per heavy atom. The first-order valence-electron chi connectivity index (χ1n) is 7.47. The molecule has 0 spiro atoms. The van der Waals surface area contributed by atoms with Gasteiger partial charge in [0.25, 0.3) is 5.91 Å². The first-order valence-corrected chi connectivity index (χ1v) is 8.26. The Kier molecular flexibility index (Phi) is 6.58. The summed E-state index contributed by atoms with van der Waals surface area (Å²) in [5.74, 6) is -5.98. The van der Waals surface area contributed by atoms with Gasteiger partial charge in [-0.25, -0.2) is 8.78 Å². The van der Waals surface area contributed by atoms with Crippen LogP contribution in [0.2, 0.25) is 0 Å². The molecule has 0 aromatic heterocycles. The van der Waals surface area contributed by atoms with Crippen LogP contribution in [-0.2, 0) is 6.18 Å². The highest BCUT2D eigenvalue weighted by Gasteiger charge is 2.42. The Morgan fingerprint density at radius 2 is 1.64 bits per heavy atom. The van der Waals surface area contributed by atoms with Crippen LogP contribution in [0, 0.1) is 0 Å². The molecule has 1 amide bonds. The summed E-state index contributed by atoms with van der Waals surface area (Å²) in [7, 11) is 0. The molecule has 0 aliphatic heterocycles. The summed E-state index contributed by atoms with van der Waals surface area (Å²) in [5, 5.41) is 2.11. The fraction of sp³-hybridized carbons (Fsp3) is 0.235. The third-order valence-electron chi connectivity index (χ3n) is 3.40. The largest absolute Gasteiger partial charge is 0.485 e. The van der Waals surface area contributed by atoms with Crippen LogP contribution in [0.25, 0.3) is 0 Å². The quantitative estimate of drug-likeness (QED) is 0.522. The van der Waals surface area contributed by atoms with Crippen LogP contribution in [0.4, 0.5) is 36.4 Å². The van der Waals surface area contributed by atoms with E-state index in [9.17, 15) is 35.5 Å². The van der Waals surface area contributed by atoms with Gasteiger partial charge in [0.1, 0.15) is 5.75 Å². The molecule has 3 nitrogen and oxygen atoms in total. The third-order valence-corrected chi connectivity index (χ3v) is 3.93. The van der Waals surface area contributed by atoms with Gasteiger partial charge in [-0.05, 0) is 42.5 Å². The zero-order valence-electron chi connectivity index (χ0n) is 13.7. The molecule has 0 saturated carbocycles. The minimum absolute atomic E-state index is 0.0597. The molecule has 0 fully saturated rings. The molecule has 1 N–H and O–H groups in total. The van der Waals surface area contributed by atoms with Gasteiger partial charge in [-0.15, -0.1) is 0 Å².